The van der Waals surface area contributed by atoms with Crippen molar-refractivity contribution < 1.29 is 20.3 Å². The first-order valence-electron chi connectivity index (χ1n) is 8.93. The van der Waals surface area contributed by atoms with Gasteiger partial charge in [-0.25, -0.2) is 0 Å². The third kappa shape index (κ3) is 3.31. The van der Waals surface area contributed by atoms with Gasteiger partial charge in [0.2, 0.25) is 0 Å². The molecular formula is C22H27OTi. The summed E-state index contributed by atoms with van der Waals surface area (Å²) < 4.78 is 6.71. The molecule has 0 aliphatic heterocycles. The van der Waals surface area contributed by atoms with Crippen molar-refractivity contribution in [1.82, 2.24) is 0 Å². The predicted molar refractivity (Wildman–Crippen MR) is 100 cm³/mol. The van der Waals surface area contributed by atoms with Gasteiger partial charge in [0.05, 0.1) is 0 Å². The van der Waals surface area contributed by atoms with Crippen LogP contribution in [0.3, 0.4) is 0 Å². The number of benzene rings is 2. The average Bonchev–Trinajstić information content (AvgIpc) is 2.94. The molecule has 0 N–H and O–H groups in total. The number of rotatable bonds is 6. The molecule has 0 heterocycles. The van der Waals surface area contributed by atoms with Gasteiger partial charge in [-0.2, -0.15) is 0 Å². The van der Waals surface area contributed by atoms with Crippen molar-refractivity contribution in [1.29, 1.82) is 0 Å². The summed E-state index contributed by atoms with van der Waals surface area (Å²) in [4.78, 5) is 0. The second kappa shape index (κ2) is 7.39. The fraction of sp³-hybridized carbons (Fsp3) is 0.318. The molecule has 1 atom stereocenters. The van der Waals surface area contributed by atoms with Gasteiger partial charge in [-0.15, -0.1) is 0 Å². The van der Waals surface area contributed by atoms with E-state index in [4.69, 9.17) is 3.32 Å². The molecule has 2 heteroatoms. The van der Waals surface area contributed by atoms with Gasteiger partial charge in [0, 0.05) is 0 Å². The third-order valence-corrected chi connectivity index (χ3v) is 9.44. The van der Waals surface area contributed by atoms with Crippen LogP contribution >= 0.6 is 0 Å². The molecule has 0 amide bonds. The van der Waals surface area contributed by atoms with E-state index in [1.807, 2.05) is 13.5 Å². The minimum atomic E-state index is -2.44. The van der Waals surface area contributed by atoms with Gasteiger partial charge >= 0.3 is 151 Å². The van der Waals surface area contributed by atoms with Crippen LogP contribution in [0.4, 0.5) is 0 Å². The molecule has 0 saturated heterocycles. The maximum absolute atomic E-state index is 6.21. The zero-order valence-corrected chi connectivity index (χ0v) is 16.7. The standard InChI is InChI=1S/C18H17.C2H4O.2CH3.Ti/c1-2-7-14-12-16-10-6-11-17(18(16)13-14)15-8-4-3-5-9-15;1-2-3;;;/h3-6,8-13H,2,7H2,1H3;2H,1H3;2*1H3;/q;-1;;;+1. The van der Waals surface area contributed by atoms with Crippen LogP contribution in [0.25, 0.3) is 17.2 Å². The van der Waals surface area contributed by atoms with Crippen molar-refractivity contribution in [3.8, 4) is 11.1 Å². The zero-order chi connectivity index (χ0) is 17.2. The number of allylic oxidation sites excluding steroid dienone is 1. The molecule has 1 unspecified atom stereocenters. The van der Waals surface area contributed by atoms with Crippen molar-refractivity contribution in [2.45, 2.75) is 41.4 Å². The molecule has 24 heavy (non-hydrogen) atoms. The Labute approximate surface area is 150 Å². The predicted octanol–water partition coefficient (Wildman–Crippen LogP) is 6.96. The van der Waals surface area contributed by atoms with Gasteiger partial charge in [-0.05, 0) is 0 Å². The van der Waals surface area contributed by atoms with E-state index in [1.165, 1.54) is 28.7 Å². The molecular weight excluding hydrogens is 328 g/mol. The molecule has 3 rings (SSSR count). The molecule has 125 valence electrons. The van der Waals surface area contributed by atoms with Crippen LogP contribution in [0, 0.1) is 6.61 Å². The van der Waals surface area contributed by atoms with Crippen LogP contribution in [0.15, 0.2) is 54.1 Å². The summed E-state index contributed by atoms with van der Waals surface area (Å²) in [6.07, 6.45) is 4.80. The van der Waals surface area contributed by atoms with Crippen LogP contribution < -0.4 is 0 Å². The monoisotopic (exact) mass is 355 g/mol. The van der Waals surface area contributed by atoms with E-state index in [-0.39, 0.29) is 0 Å². The van der Waals surface area contributed by atoms with Crippen molar-refractivity contribution in [3.05, 3.63) is 71.8 Å². The Balaban J connectivity index is 2.13. The van der Waals surface area contributed by atoms with Crippen LogP contribution in [0.2, 0.25) is 10.5 Å². The zero-order valence-electron chi connectivity index (χ0n) is 15.2. The molecule has 0 fully saturated rings. The van der Waals surface area contributed by atoms with E-state index < -0.39 is 17.0 Å². The molecule has 1 nitrogen and oxygen atoms in total. The Hall–Kier alpha value is -1.15. The Morgan fingerprint density at radius 3 is 2.46 bits per heavy atom. The van der Waals surface area contributed by atoms with Gasteiger partial charge in [0.1, 0.15) is 0 Å². The van der Waals surface area contributed by atoms with E-state index in [2.05, 4.69) is 72.0 Å². The summed E-state index contributed by atoms with van der Waals surface area (Å²) in [6.45, 7) is 6.18. The van der Waals surface area contributed by atoms with Gasteiger partial charge in [-0.1, -0.05) is 0 Å². The van der Waals surface area contributed by atoms with Crippen LogP contribution in [-0.2, 0) is 20.3 Å². The molecule has 2 aromatic rings. The Morgan fingerprint density at radius 1 is 1.04 bits per heavy atom. The summed E-state index contributed by atoms with van der Waals surface area (Å²) in [5.41, 5.74) is 7.11. The summed E-state index contributed by atoms with van der Waals surface area (Å²) >= 11 is -2.44. The van der Waals surface area contributed by atoms with E-state index in [0.717, 1.165) is 6.42 Å². The van der Waals surface area contributed by atoms with E-state index in [0.29, 0.717) is 4.22 Å². The molecule has 0 saturated carbocycles. The van der Waals surface area contributed by atoms with E-state index in [9.17, 15) is 0 Å². The summed E-state index contributed by atoms with van der Waals surface area (Å²) in [5.74, 6) is 0. The average molecular weight is 355 g/mol. The first-order valence-corrected chi connectivity index (χ1v) is 13.6. The summed E-state index contributed by atoms with van der Waals surface area (Å²) in [6, 6.07) is 17.5. The van der Waals surface area contributed by atoms with Crippen molar-refractivity contribution in [3.63, 3.8) is 0 Å². The van der Waals surface area contributed by atoms with Gasteiger partial charge in [0.25, 0.3) is 0 Å². The van der Waals surface area contributed by atoms with Crippen LogP contribution in [0.5, 0.6) is 0 Å². The van der Waals surface area contributed by atoms with Gasteiger partial charge < -0.3 is 0 Å². The van der Waals surface area contributed by atoms with E-state index in [1.54, 1.807) is 5.57 Å². The van der Waals surface area contributed by atoms with Gasteiger partial charge in [0.15, 0.2) is 0 Å². The summed E-state index contributed by atoms with van der Waals surface area (Å²) in [7, 11) is 0. The molecule has 0 bridgehead atoms. The SMILES string of the molecule is C[CH][O][Ti]([CH3])([CH3])[CH]1C(CCC)=Cc2c(-c3ccccc3)cccc21. The number of hydrogen-bond donors (Lipinski definition) is 0. The topological polar surface area (TPSA) is 9.23 Å². The quantitative estimate of drug-likeness (QED) is 0.509. The Bertz CT molecular complexity index is 731. The third-order valence-electron chi connectivity index (χ3n) is 4.89. The number of fused-ring (bicyclic) bond motifs is 1. The molecule has 1 radical (unpaired) electrons. The number of hydrogen-bond acceptors (Lipinski definition) is 1. The fourth-order valence-corrected chi connectivity index (χ4v) is 8.51. The second-order valence-electron chi connectivity index (χ2n) is 7.03. The van der Waals surface area contributed by atoms with Crippen molar-refractivity contribution in [2.24, 2.45) is 0 Å². The second-order valence-corrected chi connectivity index (χ2v) is 13.3. The Kier molecular flexibility index (Phi) is 5.44. The van der Waals surface area contributed by atoms with Crippen molar-refractivity contribution in [2.75, 3.05) is 0 Å². The maximum atomic E-state index is 6.21. The first-order chi connectivity index (χ1) is 11.6. The van der Waals surface area contributed by atoms with Gasteiger partial charge in [-0.3, -0.25) is 0 Å². The van der Waals surface area contributed by atoms with Crippen molar-refractivity contribution >= 4 is 6.08 Å². The molecule has 2 aromatic carbocycles. The summed E-state index contributed by atoms with van der Waals surface area (Å²) in [5, 5.41) is 4.77. The minimum absolute atomic E-state index is 0.500. The molecule has 0 spiro atoms. The molecule has 1 aliphatic carbocycles. The Morgan fingerprint density at radius 2 is 1.79 bits per heavy atom. The molecule has 1 aliphatic rings. The molecule has 0 aromatic heterocycles. The fourth-order valence-electron chi connectivity index (χ4n) is 4.03. The first kappa shape index (κ1) is 17.7. The normalized spacial score (nSPS) is 16.8. The van der Waals surface area contributed by atoms with Crippen LogP contribution in [0.1, 0.15) is 42.0 Å². The van der Waals surface area contributed by atoms with E-state index >= 15 is 0 Å². The van der Waals surface area contributed by atoms with Crippen LogP contribution in [-0.4, -0.2) is 0 Å².